The lowest BCUT2D eigenvalue weighted by atomic mass is 9.99. The molecule has 15 heteroatoms. The molecule has 49 heavy (non-hydrogen) atoms. The zero-order valence-electron chi connectivity index (χ0n) is 28.8. The van der Waals surface area contributed by atoms with E-state index in [1.807, 2.05) is 0 Å². The molecule has 0 aliphatic carbocycles. The average molecular weight is 754 g/mol. The number of piperidine rings is 1. The molecule has 262 valence electrons. The second kappa shape index (κ2) is 15.0. The number of nitrogens with one attached hydrogen (secondary N) is 2. The average Bonchev–Trinajstić information content (AvgIpc) is 3.12. The fraction of sp³-hybridized carbons (Fsp3) is 0.471. The van der Waals surface area contributed by atoms with Gasteiger partial charge in [0.25, 0.3) is 0 Å². The van der Waals surface area contributed by atoms with E-state index in [1.54, 1.807) is 44.8 Å². The van der Waals surface area contributed by atoms with Gasteiger partial charge in [-0.1, -0.05) is 6.92 Å². The highest BCUT2D eigenvalue weighted by atomic mass is 79.9. The number of nitrogens with zero attached hydrogens (tertiary/aromatic N) is 8. The van der Waals surface area contributed by atoms with Crippen molar-refractivity contribution in [2.24, 2.45) is 0 Å². The lowest BCUT2D eigenvalue weighted by Gasteiger charge is -2.43. The van der Waals surface area contributed by atoms with Crippen LogP contribution < -0.4 is 24.6 Å². The number of ether oxygens (including phenoxy) is 1. The van der Waals surface area contributed by atoms with Gasteiger partial charge < -0.3 is 25.2 Å². The summed E-state index contributed by atoms with van der Waals surface area (Å²) in [6.07, 6.45) is 7.95. The number of halogens is 1. The third kappa shape index (κ3) is 7.54. The number of piperazine rings is 1. The Balaban J connectivity index is 1.24. The summed E-state index contributed by atoms with van der Waals surface area (Å²) < 4.78 is 33.7. The Morgan fingerprint density at radius 1 is 0.980 bits per heavy atom. The zero-order valence-corrected chi connectivity index (χ0v) is 31.2. The number of benzene rings is 2. The van der Waals surface area contributed by atoms with E-state index >= 15 is 0 Å². The number of likely N-dealkylation sites (N-methyl/N-ethyl adjacent to an activating group) is 1. The maximum Gasteiger partial charge on any atom is 0.234 e. The van der Waals surface area contributed by atoms with Gasteiger partial charge in [0.1, 0.15) is 22.8 Å². The van der Waals surface area contributed by atoms with Gasteiger partial charge in [-0.15, -0.1) is 0 Å². The second-order valence-corrected chi connectivity index (χ2v) is 15.6. The Kier molecular flexibility index (Phi) is 10.7. The molecule has 0 amide bonds. The van der Waals surface area contributed by atoms with E-state index in [0.29, 0.717) is 50.4 Å². The molecule has 13 nitrogen and oxygen atoms in total. The summed E-state index contributed by atoms with van der Waals surface area (Å²) in [6.45, 7) is 10.4. The molecule has 0 saturated carbocycles. The van der Waals surface area contributed by atoms with Crippen molar-refractivity contribution in [3.63, 3.8) is 0 Å². The predicted molar refractivity (Wildman–Crippen MR) is 200 cm³/mol. The van der Waals surface area contributed by atoms with Crippen LogP contribution in [0.3, 0.4) is 0 Å². The molecule has 0 radical (unpaired) electrons. The first-order chi connectivity index (χ1) is 23.6. The maximum atomic E-state index is 13.0. The molecule has 4 heterocycles. The van der Waals surface area contributed by atoms with Crippen molar-refractivity contribution in [3.05, 3.63) is 52.9 Å². The Morgan fingerprint density at radius 2 is 1.71 bits per heavy atom. The number of fused-ring (bicyclic) bond motifs is 1. The quantitative estimate of drug-likeness (QED) is 0.208. The molecule has 0 atom stereocenters. The first-order valence-corrected chi connectivity index (χ1v) is 19.2. The summed E-state index contributed by atoms with van der Waals surface area (Å²) >= 11 is 3.56. The number of methoxy groups -OCH3 is 1. The van der Waals surface area contributed by atoms with Gasteiger partial charge >= 0.3 is 0 Å². The van der Waals surface area contributed by atoms with E-state index < -0.39 is 10.0 Å². The fourth-order valence-electron chi connectivity index (χ4n) is 6.65. The molecule has 6 rings (SSSR count). The summed E-state index contributed by atoms with van der Waals surface area (Å²) in [7, 11) is 1.80. The Morgan fingerprint density at radius 3 is 2.41 bits per heavy atom. The number of sulfonamides is 1. The molecule has 2 aromatic carbocycles. The van der Waals surface area contributed by atoms with Crippen molar-refractivity contribution in [2.75, 3.05) is 86.1 Å². The van der Waals surface area contributed by atoms with Crippen LogP contribution in [0.2, 0.25) is 0 Å². The number of rotatable bonds is 11. The van der Waals surface area contributed by atoms with Crippen LogP contribution >= 0.6 is 15.9 Å². The Bertz CT molecular complexity index is 1900. The molecule has 0 spiro atoms. The Hall–Kier alpha value is -3.79. The topological polar surface area (TPSA) is 132 Å². The van der Waals surface area contributed by atoms with E-state index in [9.17, 15) is 8.42 Å². The van der Waals surface area contributed by atoms with Crippen LogP contribution in [0.1, 0.15) is 32.3 Å². The van der Waals surface area contributed by atoms with E-state index in [2.05, 4.69) is 82.3 Å². The molecule has 2 aliphatic rings. The summed E-state index contributed by atoms with van der Waals surface area (Å²) in [6, 6.07) is 8.47. The number of anilines is 6. The molecule has 4 aromatic rings. The molecule has 2 saturated heterocycles. The number of aromatic nitrogens is 4. The third-order valence-electron chi connectivity index (χ3n) is 9.60. The van der Waals surface area contributed by atoms with Gasteiger partial charge in [0.15, 0.2) is 0 Å². The van der Waals surface area contributed by atoms with Crippen LogP contribution in [0, 0.1) is 0 Å². The standard InChI is InChI=1S/C34H45BrN10O3S/c1-6-23-20-28(30(48-5)21-29(23)45-14-10-24(11-15-45)44-18-16-42(3)17-19-44)40-34-38-22-25(35)33(41-34)39-27-9-8-26-31(37-13-12-36-26)32(27)43(4)49(46,47)7-2/h8-9,12-13,20-22,24H,6-7,10-11,14-19H2,1-5H3,(H2,38,39,40,41). The highest BCUT2D eigenvalue weighted by Crippen LogP contribution is 2.39. The molecule has 2 aromatic heterocycles. The minimum Gasteiger partial charge on any atom is -0.494 e. The summed E-state index contributed by atoms with van der Waals surface area (Å²) in [5.41, 5.74) is 5.11. The van der Waals surface area contributed by atoms with Crippen LogP contribution in [-0.4, -0.2) is 110 Å². The summed E-state index contributed by atoms with van der Waals surface area (Å²) in [5, 5.41) is 6.68. The minimum absolute atomic E-state index is 0.0693. The summed E-state index contributed by atoms with van der Waals surface area (Å²) in [5.74, 6) is 1.43. The normalized spacial score (nSPS) is 16.6. The molecule has 2 aliphatic heterocycles. The molecule has 0 unspecified atom stereocenters. The maximum absolute atomic E-state index is 13.0. The van der Waals surface area contributed by atoms with Gasteiger partial charge in [0.2, 0.25) is 16.0 Å². The molecular weight excluding hydrogens is 708 g/mol. The van der Waals surface area contributed by atoms with E-state index in [4.69, 9.17) is 9.72 Å². The third-order valence-corrected chi connectivity index (χ3v) is 11.9. The Labute approximate surface area is 297 Å². The van der Waals surface area contributed by atoms with Crippen LogP contribution in [-0.2, 0) is 16.4 Å². The monoisotopic (exact) mass is 752 g/mol. The van der Waals surface area contributed by atoms with Crippen LogP contribution in [0.15, 0.2) is 47.3 Å². The first-order valence-electron chi connectivity index (χ1n) is 16.8. The van der Waals surface area contributed by atoms with Crippen molar-refractivity contribution in [1.82, 2.24) is 29.7 Å². The highest BCUT2D eigenvalue weighted by molar-refractivity contribution is 9.10. The molecule has 2 fully saturated rings. The van der Waals surface area contributed by atoms with Gasteiger partial charge in [-0.25, -0.2) is 13.4 Å². The smallest absolute Gasteiger partial charge is 0.234 e. The molecular formula is C34H45BrN10O3S. The first kappa shape index (κ1) is 35.1. The van der Waals surface area contributed by atoms with Crippen molar-refractivity contribution < 1.29 is 13.2 Å². The second-order valence-electron chi connectivity index (χ2n) is 12.5. The van der Waals surface area contributed by atoms with Gasteiger partial charge in [-0.3, -0.25) is 19.2 Å². The van der Waals surface area contributed by atoms with E-state index in [0.717, 1.165) is 64.2 Å². The minimum atomic E-state index is -3.60. The number of aryl methyl sites for hydroxylation is 1. The number of hydrogen-bond donors (Lipinski definition) is 2. The fourth-order valence-corrected chi connectivity index (χ4v) is 7.79. The van der Waals surface area contributed by atoms with Crippen molar-refractivity contribution in [3.8, 4) is 5.75 Å². The lowest BCUT2D eigenvalue weighted by molar-refractivity contribution is 0.0982. The van der Waals surface area contributed by atoms with E-state index in [-0.39, 0.29) is 5.75 Å². The largest absolute Gasteiger partial charge is 0.494 e. The van der Waals surface area contributed by atoms with Crippen molar-refractivity contribution in [1.29, 1.82) is 0 Å². The predicted octanol–water partition coefficient (Wildman–Crippen LogP) is 5.24. The van der Waals surface area contributed by atoms with Crippen molar-refractivity contribution >= 4 is 71.5 Å². The molecule has 2 N–H and O–H groups in total. The van der Waals surface area contributed by atoms with Crippen LogP contribution in [0.5, 0.6) is 5.75 Å². The molecule has 0 bridgehead atoms. The zero-order chi connectivity index (χ0) is 34.7. The van der Waals surface area contributed by atoms with Gasteiger partial charge in [-0.05, 0) is 72.9 Å². The van der Waals surface area contributed by atoms with Crippen LogP contribution in [0.25, 0.3) is 11.0 Å². The van der Waals surface area contributed by atoms with Crippen LogP contribution in [0.4, 0.5) is 34.5 Å². The van der Waals surface area contributed by atoms with Gasteiger partial charge in [0, 0.05) is 82.7 Å². The lowest BCUT2D eigenvalue weighted by Crippen LogP contribution is -2.52. The van der Waals surface area contributed by atoms with Gasteiger partial charge in [0.05, 0.1) is 34.2 Å². The van der Waals surface area contributed by atoms with Gasteiger partial charge in [-0.2, -0.15) is 4.98 Å². The highest BCUT2D eigenvalue weighted by Gasteiger charge is 2.28. The van der Waals surface area contributed by atoms with Crippen molar-refractivity contribution in [2.45, 2.75) is 39.2 Å². The van der Waals surface area contributed by atoms with E-state index in [1.165, 1.54) is 22.6 Å². The number of hydrogen-bond acceptors (Lipinski definition) is 12. The summed E-state index contributed by atoms with van der Waals surface area (Å²) in [4.78, 5) is 25.7. The SMILES string of the molecule is CCc1cc(Nc2ncc(Br)c(Nc3ccc4nccnc4c3N(C)S(=O)(=O)CC)n2)c(OC)cc1N1CCC(N2CCN(C)CC2)CC1.